The van der Waals surface area contributed by atoms with Crippen LogP contribution in [0.25, 0.3) is 11.3 Å². The Morgan fingerprint density at radius 3 is 2.62 bits per heavy atom. The van der Waals surface area contributed by atoms with Crippen molar-refractivity contribution in [2.24, 2.45) is 0 Å². The fourth-order valence-corrected chi connectivity index (χ4v) is 1.85. The fourth-order valence-electron chi connectivity index (χ4n) is 1.30. The molecule has 0 aliphatic heterocycles. The van der Waals surface area contributed by atoms with Crippen LogP contribution in [0.3, 0.4) is 0 Å². The van der Waals surface area contributed by atoms with Crippen LogP contribution in [-0.2, 0) is 0 Å². The maximum Gasteiger partial charge on any atom is 0.142 e. The summed E-state index contributed by atoms with van der Waals surface area (Å²) in [4.78, 5) is 8.12. The maximum absolute atomic E-state index is 8.80. The molecule has 0 aliphatic carbocycles. The third-order valence-corrected chi connectivity index (χ3v) is 2.68. The summed E-state index contributed by atoms with van der Waals surface area (Å²) in [5.74, 6) is 0.234. The molecule has 0 saturated heterocycles. The van der Waals surface area contributed by atoms with Gasteiger partial charge in [-0.25, -0.2) is 4.98 Å². The lowest BCUT2D eigenvalue weighted by Crippen LogP contribution is -1.97. The van der Waals surface area contributed by atoms with E-state index >= 15 is 0 Å². The number of anilines is 1. The summed E-state index contributed by atoms with van der Waals surface area (Å²) in [7, 11) is 0. The molecule has 0 fully saturated rings. The van der Waals surface area contributed by atoms with Crippen molar-refractivity contribution in [1.82, 2.24) is 9.97 Å². The Hall–Kier alpha value is -1.93. The molecule has 2 aromatic heterocycles. The van der Waals surface area contributed by atoms with Crippen molar-refractivity contribution in [2.75, 3.05) is 5.73 Å². The van der Waals surface area contributed by atoms with Gasteiger partial charge in [-0.1, -0.05) is 0 Å². The van der Waals surface area contributed by atoms with Crippen molar-refractivity contribution in [3.05, 3.63) is 40.6 Å². The van der Waals surface area contributed by atoms with E-state index in [2.05, 4.69) is 25.9 Å². The Morgan fingerprint density at radius 2 is 2.00 bits per heavy atom. The van der Waals surface area contributed by atoms with Gasteiger partial charge in [0.25, 0.3) is 0 Å². The first-order chi connectivity index (χ1) is 7.72. The van der Waals surface area contributed by atoms with Gasteiger partial charge in [-0.3, -0.25) is 4.98 Å². The Kier molecular flexibility index (Phi) is 2.84. The molecule has 0 aromatic carbocycles. The molecule has 4 nitrogen and oxygen atoms in total. The Morgan fingerprint density at radius 1 is 1.31 bits per heavy atom. The normalized spacial score (nSPS) is 9.75. The number of nitrogens with two attached hydrogens (primary N) is 1. The summed E-state index contributed by atoms with van der Waals surface area (Å²) >= 11 is 3.37. The molecule has 5 heteroatoms. The number of hydrogen-bond acceptors (Lipinski definition) is 4. The van der Waals surface area contributed by atoms with Gasteiger partial charge in [0.15, 0.2) is 0 Å². The summed E-state index contributed by atoms with van der Waals surface area (Å²) in [5.41, 5.74) is 7.64. The number of rotatable bonds is 1. The second-order valence-corrected chi connectivity index (χ2v) is 3.95. The monoisotopic (exact) mass is 274 g/mol. The molecule has 0 amide bonds. The van der Waals surface area contributed by atoms with E-state index in [0.29, 0.717) is 11.3 Å². The second kappa shape index (κ2) is 4.29. The Labute approximate surface area is 101 Å². The molecule has 0 atom stereocenters. The molecule has 2 N–H and O–H groups in total. The minimum absolute atomic E-state index is 0.234. The van der Waals surface area contributed by atoms with Gasteiger partial charge in [-0.15, -0.1) is 0 Å². The van der Waals surface area contributed by atoms with Crippen molar-refractivity contribution >= 4 is 21.7 Å². The first-order valence-corrected chi connectivity index (χ1v) is 5.28. The number of hydrogen-bond donors (Lipinski definition) is 1. The third kappa shape index (κ3) is 1.88. The summed E-state index contributed by atoms with van der Waals surface area (Å²) in [5, 5.41) is 8.80. The van der Waals surface area contributed by atoms with Crippen molar-refractivity contribution in [2.45, 2.75) is 0 Å². The molecule has 0 unspecified atom stereocenters. The number of nitrogen functional groups attached to an aromatic ring is 1. The van der Waals surface area contributed by atoms with Crippen LogP contribution < -0.4 is 5.73 Å². The molecule has 0 radical (unpaired) electrons. The highest BCUT2D eigenvalue weighted by atomic mass is 79.9. The highest BCUT2D eigenvalue weighted by Gasteiger charge is 2.09. The molecule has 0 spiro atoms. The standard InChI is InChI=1S/C11H7BrN4/c12-9-5-8(6-13)11(14)16-10(9)7-1-3-15-4-2-7/h1-5H,(H2,14,16). The molecule has 2 aromatic rings. The molecular weight excluding hydrogens is 268 g/mol. The van der Waals surface area contributed by atoms with Crippen LogP contribution in [0.2, 0.25) is 0 Å². The second-order valence-electron chi connectivity index (χ2n) is 3.10. The van der Waals surface area contributed by atoms with E-state index in [1.165, 1.54) is 0 Å². The summed E-state index contributed by atoms with van der Waals surface area (Å²) in [6, 6.07) is 7.31. The van der Waals surface area contributed by atoms with Gasteiger partial charge in [0.05, 0.1) is 11.3 Å². The van der Waals surface area contributed by atoms with E-state index in [1.54, 1.807) is 18.5 Å². The van der Waals surface area contributed by atoms with Crippen LogP contribution in [0.15, 0.2) is 35.1 Å². The highest BCUT2D eigenvalue weighted by Crippen LogP contribution is 2.28. The average molecular weight is 275 g/mol. The molecular formula is C11H7BrN4. The van der Waals surface area contributed by atoms with Gasteiger partial charge < -0.3 is 5.73 Å². The zero-order valence-electron chi connectivity index (χ0n) is 8.18. The van der Waals surface area contributed by atoms with E-state index in [1.807, 2.05) is 18.2 Å². The molecule has 0 aliphatic rings. The highest BCUT2D eigenvalue weighted by molar-refractivity contribution is 9.10. The number of nitrogens with zero attached hydrogens (tertiary/aromatic N) is 3. The molecule has 2 heterocycles. The lowest BCUT2D eigenvalue weighted by Gasteiger charge is -2.05. The summed E-state index contributed by atoms with van der Waals surface area (Å²) in [6.45, 7) is 0. The van der Waals surface area contributed by atoms with Crippen LogP contribution in [0.4, 0.5) is 5.82 Å². The Balaban J connectivity index is 2.60. The molecule has 78 valence electrons. The minimum Gasteiger partial charge on any atom is -0.383 e. The lowest BCUT2D eigenvalue weighted by molar-refractivity contribution is 1.27. The first-order valence-electron chi connectivity index (χ1n) is 4.49. The first kappa shape index (κ1) is 10.6. The SMILES string of the molecule is N#Cc1cc(Br)c(-c2ccncc2)nc1N. The zero-order valence-corrected chi connectivity index (χ0v) is 9.77. The van der Waals surface area contributed by atoms with E-state index in [-0.39, 0.29) is 5.82 Å². The molecule has 2 rings (SSSR count). The van der Waals surface area contributed by atoms with Crippen LogP contribution in [0.5, 0.6) is 0 Å². The molecule has 0 saturated carbocycles. The fraction of sp³-hybridized carbons (Fsp3) is 0. The van der Waals surface area contributed by atoms with E-state index in [4.69, 9.17) is 11.0 Å². The van der Waals surface area contributed by atoms with Crippen molar-refractivity contribution < 1.29 is 0 Å². The molecule has 16 heavy (non-hydrogen) atoms. The quantitative estimate of drug-likeness (QED) is 0.866. The largest absolute Gasteiger partial charge is 0.383 e. The van der Waals surface area contributed by atoms with Gasteiger partial charge in [0.1, 0.15) is 11.9 Å². The lowest BCUT2D eigenvalue weighted by atomic mass is 10.1. The number of halogens is 1. The van der Waals surface area contributed by atoms with E-state index in [9.17, 15) is 0 Å². The van der Waals surface area contributed by atoms with Crippen LogP contribution in [-0.4, -0.2) is 9.97 Å². The van der Waals surface area contributed by atoms with Gasteiger partial charge in [-0.2, -0.15) is 5.26 Å². The third-order valence-electron chi connectivity index (χ3n) is 2.08. The predicted octanol–water partition coefficient (Wildman–Crippen LogP) is 2.36. The Bertz CT molecular complexity index is 560. The van der Waals surface area contributed by atoms with E-state index in [0.717, 1.165) is 10.0 Å². The van der Waals surface area contributed by atoms with Gasteiger partial charge in [0.2, 0.25) is 0 Å². The van der Waals surface area contributed by atoms with Crippen LogP contribution in [0.1, 0.15) is 5.56 Å². The van der Waals surface area contributed by atoms with Crippen LogP contribution >= 0.6 is 15.9 Å². The summed E-state index contributed by atoms with van der Waals surface area (Å²) < 4.78 is 0.740. The van der Waals surface area contributed by atoms with Crippen molar-refractivity contribution in [3.8, 4) is 17.3 Å². The number of pyridine rings is 2. The van der Waals surface area contributed by atoms with E-state index < -0.39 is 0 Å². The van der Waals surface area contributed by atoms with Gasteiger partial charge in [-0.05, 0) is 34.1 Å². The van der Waals surface area contributed by atoms with Gasteiger partial charge in [0, 0.05) is 22.4 Å². The molecule has 0 bridgehead atoms. The topological polar surface area (TPSA) is 75.6 Å². The maximum atomic E-state index is 8.80. The smallest absolute Gasteiger partial charge is 0.142 e. The number of aromatic nitrogens is 2. The van der Waals surface area contributed by atoms with Crippen molar-refractivity contribution in [3.63, 3.8) is 0 Å². The minimum atomic E-state index is 0.234. The van der Waals surface area contributed by atoms with Crippen molar-refractivity contribution in [1.29, 1.82) is 5.26 Å². The van der Waals surface area contributed by atoms with Crippen LogP contribution in [0, 0.1) is 11.3 Å². The average Bonchev–Trinajstić information content (AvgIpc) is 2.32. The zero-order chi connectivity index (χ0) is 11.5. The van der Waals surface area contributed by atoms with Gasteiger partial charge >= 0.3 is 0 Å². The predicted molar refractivity (Wildman–Crippen MR) is 64.3 cm³/mol. The number of nitriles is 1. The summed E-state index contributed by atoms with van der Waals surface area (Å²) in [6.07, 6.45) is 3.36.